The van der Waals surface area contributed by atoms with Crippen LogP contribution in [0.15, 0.2) is 18.3 Å². The van der Waals surface area contributed by atoms with Crippen LogP contribution in [0.4, 0.5) is 11.5 Å². The van der Waals surface area contributed by atoms with Gasteiger partial charge in [0.15, 0.2) is 0 Å². The van der Waals surface area contributed by atoms with Gasteiger partial charge in [0.1, 0.15) is 5.82 Å². The minimum absolute atomic E-state index is 0.440. The Hall–Kier alpha value is -1.82. The van der Waals surface area contributed by atoms with E-state index in [1.807, 2.05) is 19.2 Å². The minimum Gasteiger partial charge on any atom is -0.479 e. The van der Waals surface area contributed by atoms with E-state index in [9.17, 15) is 0 Å². The van der Waals surface area contributed by atoms with Crippen LogP contribution in [0.2, 0.25) is 0 Å². The molecular formula is C11H14N4OS. The van der Waals surface area contributed by atoms with Crippen molar-refractivity contribution in [3.05, 3.63) is 28.2 Å². The predicted octanol–water partition coefficient (Wildman–Crippen LogP) is 2.05. The average Bonchev–Trinajstić information content (AvgIpc) is 2.74. The summed E-state index contributed by atoms with van der Waals surface area (Å²) < 4.78 is 5.06. The van der Waals surface area contributed by atoms with Crippen molar-refractivity contribution in [2.24, 2.45) is 0 Å². The van der Waals surface area contributed by atoms with E-state index in [4.69, 9.17) is 10.5 Å². The first kappa shape index (κ1) is 11.7. The number of ether oxygens (including phenoxy) is 1. The van der Waals surface area contributed by atoms with Crippen molar-refractivity contribution in [1.29, 1.82) is 0 Å². The second-order valence-electron chi connectivity index (χ2n) is 3.49. The van der Waals surface area contributed by atoms with Gasteiger partial charge in [-0.1, -0.05) is 0 Å². The number of thiazole rings is 1. The maximum absolute atomic E-state index is 5.69. The van der Waals surface area contributed by atoms with Gasteiger partial charge in [-0.3, -0.25) is 0 Å². The number of hydrogen-bond donors (Lipinski definition) is 2. The molecule has 3 N–H and O–H groups in total. The molecule has 0 unspecified atom stereocenters. The smallest absolute Gasteiger partial charge is 0.238 e. The van der Waals surface area contributed by atoms with Crippen molar-refractivity contribution in [3.63, 3.8) is 0 Å². The van der Waals surface area contributed by atoms with Crippen LogP contribution in [0.1, 0.15) is 9.88 Å². The standard InChI is InChI=1S/C11H14N4OS/c1-7-13-5-8(17-7)6-14-10-4-3-9(12)11(15-10)16-2/h3-5H,6,12H2,1-2H3,(H,14,15). The number of aromatic nitrogens is 2. The van der Waals surface area contributed by atoms with Gasteiger partial charge in [-0.25, -0.2) is 4.98 Å². The lowest BCUT2D eigenvalue weighted by molar-refractivity contribution is 0.401. The number of nitrogens with two attached hydrogens (primary N) is 1. The minimum atomic E-state index is 0.440. The summed E-state index contributed by atoms with van der Waals surface area (Å²) >= 11 is 1.66. The number of pyridine rings is 1. The molecule has 5 nitrogen and oxygen atoms in total. The molecule has 0 aliphatic carbocycles. The summed E-state index contributed by atoms with van der Waals surface area (Å²) in [5.41, 5.74) is 6.22. The molecule has 0 fully saturated rings. The van der Waals surface area contributed by atoms with Crippen LogP contribution in [0.25, 0.3) is 0 Å². The molecule has 2 heterocycles. The number of nitrogens with one attached hydrogen (secondary N) is 1. The van der Waals surface area contributed by atoms with Gasteiger partial charge in [0, 0.05) is 11.1 Å². The molecule has 0 aromatic carbocycles. The molecule has 2 aromatic rings. The summed E-state index contributed by atoms with van der Waals surface area (Å²) in [6.07, 6.45) is 1.86. The zero-order valence-electron chi connectivity index (χ0n) is 9.73. The Morgan fingerprint density at radius 1 is 1.47 bits per heavy atom. The molecule has 0 saturated heterocycles. The highest BCUT2D eigenvalue weighted by atomic mass is 32.1. The quantitative estimate of drug-likeness (QED) is 0.868. The Balaban J connectivity index is 2.04. The molecule has 0 saturated carbocycles. The maximum Gasteiger partial charge on any atom is 0.238 e. The second-order valence-corrected chi connectivity index (χ2v) is 4.81. The van der Waals surface area contributed by atoms with Crippen LogP contribution in [-0.2, 0) is 6.54 Å². The van der Waals surface area contributed by atoms with Crippen molar-refractivity contribution >= 4 is 22.8 Å². The first-order chi connectivity index (χ1) is 8.19. The summed E-state index contributed by atoms with van der Waals surface area (Å²) in [6.45, 7) is 2.68. The fourth-order valence-corrected chi connectivity index (χ4v) is 2.11. The Morgan fingerprint density at radius 3 is 2.94 bits per heavy atom. The Kier molecular flexibility index (Phi) is 3.43. The number of rotatable bonds is 4. The van der Waals surface area contributed by atoms with Gasteiger partial charge >= 0.3 is 0 Å². The van der Waals surface area contributed by atoms with E-state index in [-0.39, 0.29) is 0 Å². The first-order valence-electron chi connectivity index (χ1n) is 5.14. The number of nitrogens with zero attached hydrogens (tertiary/aromatic N) is 2. The maximum atomic E-state index is 5.69. The van der Waals surface area contributed by atoms with E-state index in [0.29, 0.717) is 18.1 Å². The van der Waals surface area contributed by atoms with Crippen molar-refractivity contribution in [2.75, 3.05) is 18.2 Å². The van der Waals surface area contributed by atoms with Crippen LogP contribution < -0.4 is 15.8 Å². The van der Waals surface area contributed by atoms with Gasteiger partial charge in [-0.05, 0) is 19.1 Å². The lowest BCUT2D eigenvalue weighted by atomic mass is 10.4. The predicted molar refractivity (Wildman–Crippen MR) is 69.4 cm³/mol. The van der Waals surface area contributed by atoms with Gasteiger partial charge in [-0.2, -0.15) is 4.98 Å². The molecule has 2 rings (SSSR count). The third kappa shape index (κ3) is 2.85. The summed E-state index contributed by atoms with van der Waals surface area (Å²) in [5, 5.41) is 4.26. The van der Waals surface area contributed by atoms with Crippen LogP contribution >= 0.6 is 11.3 Å². The van der Waals surface area contributed by atoms with Gasteiger partial charge in [0.25, 0.3) is 0 Å². The van der Waals surface area contributed by atoms with E-state index in [0.717, 1.165) is 10.8 Å². The third-order valence-corrected chi connectivity index (χ3v) is 3.11. The summed E-state index contributed by atoms with van der Waals surface area (Å²) in [6, 6.07) is 3.60. The second kappa shape index (κ2) is 5.01. The third-order valence-electron chi connectivity index (χ3n) is 2.20. The Bertz CT molecular complexity index is 512. The van der Waals surface area contributed by atoms with E-state index in [1.165, 1.54) is 4.88 Å². The lowest BCUT2D eigenvalue weighted by Crippen LogP contribution is -2.02. The highest BCUT2D eigenvalue weighted by molar-refractivity contribution is 7.11. The van der Waals surface area contributed by atoms with Crippen molar-refractivity contribution in [3.8, 4) is 5.88 Å². The van der Waals surface area contributed by atoms with Gasteiger partial charge in [0.05, 0.1) is 24.3 Å². The molecule has 2 aromatic heterocycles. The average molecular weight is 250 g/mol. The van der Waals surface area contributed by atoms with E-state index >= 15 is 0 Å². The summed E-state index contributed by atoms with van der Waals surface area (Å²) in [4.78, 5) is 9.60. The van der Waals surface area contributed by atoms with Gasteiger partial charge in [0.2, 0.25) is 5.88 Å². The highest BCUT2D eigenvalue weighted by Gasteiger charge is 2.03. The number of aryl methyl sites for hydroxylation is 1. The monoisotopic (exact) mass is 250 g/mol. The molecular weight excluding hydrogens is 236 g/mol. The molecule has 0 radical (unpaired) electrons. The number of anilines is 2. The Morgan fingerprint density at radius 2 is 2.29 bits per heavy atom. The fraction of sp³-hybridized carbons (Fsp3) is 0.273. The normalized spacial score (nSPS) is 10.2. The zero-order valence-corrected chi connectivity index (χ0v) is 10.5. The van der Waals surface area contributed by atoms with E-state index < -0.39 is 0 Å². The van der Waals surface area contributed by atoms with E-state index in [2.05, 4.69) is 15.3 Å². The molecule has 0 aliphatic rings. The van der Waals surface area contributed by atoms with Crippen LogP contribution in [0.5, 0.6) is 5.88 Å². The van der Waals surface area contributed by atoms with Crippen molar-refractivity contribution in [2.45, 2.75) is 13.5 Å². The molecule has 0 spiro atoms. The lowest BCUT2D eigenvalue weighted by Gasteiger charge is -2.07. The van der Waals surface area contributed by atoms with Gasteiger partial charge < -0.3 is 15.8 Å². The first-order valence-corrected chi connectivity index (χ1v) is 5.96. The van der Waals surface area contributed by atoms with E-state index in [1.54, 1.807) is 24.5 Å². The van der Waals surface area contributed by atoms with Crippen molar-refractivity contribution < 1.29 is 4.74 Å². The number of methoxy groups -OCH3 is 1. The topological polar surface area (TPSA) is 73.1 Å². The summed E-state index contributed by atoms with van der Waals surface area (Å²) in [5.74, 6) is 1.18. The zero-order chi connectivity index (χ0) is 12.3. The SMILES string of the molecule is COc1nc(NCc2cnc(C)s2)ccc1N. The van der Waals surface area contributed by atoms with Crippen LogP contribution in [-0.4, -0.2) is 17.1 Å². The Labute approximate surface area is 104 Å². The highest BCUT2D eigenvalue weighted by Crippen LogP contribution is 2.21. The van der Waals surface area contributed by atoms with Gasteiger partial charge in [-0.15, -0.1) is 11.3 Å². The van der Waals surface area contributed by atoms with Crippen LogP contribution in [0.3, 0.4) is 0 Å². The number of nitrogen functional groups attached to an aromatic ring is 1. The molecule has 0 bridgehead atoms. The molecule has 0 atom stereocenters. The largest absolute Gasteiger partial charge is 0.479 e. The molecule has 0 aliphatic heterocycles. The fourth-order valence-electron chi connectivity index (χ4n) is 1.38. The molecule has 90 valence electrons. The molecule has 6 heteroatoms. The molecule has 17 heavy (non-hydrogen) atoms. The number of hydrogen-bond acceptors (Lipinski definition) is 6. The van der Waals surface area contributed by atoms with Crippen LogP contribution in [0, 0.1) is 6.92 Å². The summed E-state index contributed by atoms with van der Waals surface area (Å²) in [7, 11) is 1.55. The van der Waals surface area contributed by atoms with Crippen molar-refractivity contribution in [1.82, 2.24) is 9.97 Å². The molecule has 0 amide bonds.